The third-order valence-electron chi connectivity index (χ3n) is 1.62. The van der Waals surface area contributed by atoms with Crippen LogP contribution < -0.4 is 5.32 Å². The van der Waals surface area contributed by atoms with Gasteiger partial charge in [0.15, 0.2) is 5.13 Å². The molecule has 4 heteroatoms. The van der Waals surface area contributed by atoms with Crippen LogP contribution in [-0.4, -0.2) is 23.0 Å². The molecule has 0 spiro atoms. The zero-order valence-corrected chi connectivity index (χ0v) is 9.88. The summed E-state index contributed by atoms with van der Waals surface area (Å²) in [6.07, 6.45) is 6.15. The normalized spacial score (nSPS) is 9.71. The molecule has 0 unspecified atom stereocenters. The predicted molar refractivity (Wildman–Crippen MR) is 66.1 cm³/mol. The van der Waals surface area contributed by atoms with Gasteiger partial charge in [-0.2, -0.15) is 0 Å². The van der Waals surface area contributed by atoms with Crippen LogP contribution in [0, 0.1) is 12.3 Å². The van der Waals surface area contributed by atoms with Gasteiger partial charge in [-0.25, -0.2) is 4.98 Å². The minimum atomic E-state index is 0.791. The van der Waals surface area contributed by atoms with E-state index in [1.807, 2.05) is 0 Å². The molecule has 0 fully saturated rings. The van der Waals surface area contributed by atoms with Crippen LogP contribution in [0.15, 0.2) is 5.38 Å². The van der Waals surface area contributed by atoms with Gasteiger partial charge in [-0.15, -0.1) is 29.5 Å². The molecule has 0 aromatic carbocycles. The molecule has 1 aromatic heterocycles. The molecule has 0 atom stereocenters. The first-order chi connectivity index (χ1) is 6.86. The Labute approximate surface area is 93.5 Å². The summed E-state index contributed by atoms with van der Waals surface area (Å²) in [6.45, 7) is 3.05. The molecule has 1 aromatic rings. The Morgan fingerprint density at radius 1 is 1.71 bits per heavy atom. The number of aryl methyl sites for hydroxylation is 1. The summed E-state index contributed by atoms with van der Waals surface area (Å²) in [6, 6.07) is 0. The molecule has 0 radical (unpaired) electrons. The van der Waals surface area contributed by atoms with Gasteiger partial charge in [-0.3, -0.25) is 0 Å². The SMILES string of the molecule is C#CCSCCNc1nc(CC)cs1. The van der Waals surface area contributed by atoms with E-state index in [0.717, 1.165) is 35.3 Å². The Bertz CT molecular complexity index is 301. The predicted octanol–water partition coefficient (Wildman–Crippen LogP) is 2.48. The first-order valence-electron chi connectivity index (χ1n) is 4.56. The number of hydrogen-bond donors (Lipinski definition) is 1. The largest absolute Gasteiger partial charge is 0.361 e. The molecule has 0 aliphatic rings. The highest BCUT2D eigenvalue weighted by atomic mass is 32.2. The van der Waals surface area contributed by atoms with Crippen molar-refractivity contribution < 1.29 is 0 Å². The van der Waals surface area contributed by atoms with Gasteiger partial charge in [0, 0.05) is 17.7 Å². The van der Waals surface area contributed by atoms with Crippen molar-refractivity contribution >= 4 is 28.2 Å². The highest BCUT2D eigenvalue weighted by molar-refractivity contribution is 7.99. The lowest BCUT2D eigenvalue weighted by atomic mass is 10.4. The molecule has 0 aliphatic heterocycles. The summed E-state index contributed by atoms with van der Waals surface area (Å²) in [5, 5.41) is 6.39. The third-order valence-corrected chi connectivity index (χ3v) is 3.33. The van der Waals surface area contributed by atoms with Crippen molar-refractivity contribution in [3.63, 3.8) is 0 Å². The van der Waals surface area contributed by atoms with E-state index in [1.54, 1.807) is 23.1 Å². The van der Waals surface area contributed by atoms with Crippen molar-refractivity contribution in [2.45, 2.75) is 13.3 Å². The highest BCUT2D eigenvalue weighted by Gasteiger charge is 1.98. The molecule has 0 saturated heterocycles. The maximum absolute atomic E-state index is 5.14. The zero-order valence-electron chi connectivity index (χ0n) is 8.25. The van der Waals surface area contributed by atoms with Crippen molar-refractivity contribution in [3.8, 4) is 12.3 Å². The lowest BCUT2D eigenvalue weighted by Crippen LogP contribution is -2.03. The number of terminal acetylenes is 1. The Hall–Kier alpha value is -0.660. The molecule has 0 bridgehead atoms. The van der Waals surface area contributed by atoms with Crippen LogP contribution in [0.4, 0.5) is 5.13 Å². The summed E-state index contributed by atoms with van der Waals surface area (Å²) in [5.74, 6) is 4.43. The maximum Gasteiger partial charge on any atom is 0.182 e. The van der Waals surface area contributed by atoms with Gasteiger partial charge in [-0.05, 0) is 6.42 Å². The second-order valence-electron chi connectivity index (χ2n) is 2.68. The van der Waals surface area contributed by atoms with E-state index in [0.29, 0.717) is 0 Å². The van der Waals surface area contributed by atoms with Crippen molar-refractivity contribution in [1.29, 1.82) is 0 Å². The molecule has 76 valence electrons. The summed E-state index contributed by atoms with van der Waals surface area (Å²) in [5.41, 5.74) is 1.16. The zero-order chi connectivity index (χ0) is 10.2. The third kappa shape index (κ3) is 4.03. The van der Waals surface area contributed by atoms with E-state index < -0.39 is 0 Å². The van der Waals surface area contributed by atoms with E-state index in [4.69, 9.17) is 6.42 Å². The van der Waals surface area contributed by atoms with Gasteiger partial charge in [0.05, 0.1) is 11.4 Å². The molecule has 0 amide bonds. The standard InChI is InChI=1S/C10H14N2S2/c1-3-6-13-7-5-11-10-12-9(4-2)8-14-10/h1,8H,4-7H2,2H3,(H,11,12). The Balaban J connectivity index is 2.15. The van der Waals surface area contributed by atoms with E-state index in [9.17, 15) is 0 Å². The number of nitrogens with one attached hydrogen (secondary N) is 1. The highest BCUT2D eigenvalue weighted by Crippen LogP contribution is 2.15. The van der Waals surface area contributed by atoms with Crippen LogP contribution in [-0.2, 0) is 6.42 Å². The van der Waals surface area contributed by atoms with Crippen LogP contribution in [0.5, 0.6) is 0 Å². The summed E-state index contributed by atoms with van der Waals surface area (Å²) in [7, 11) is 0. The molecule has 1 heterocycles. The summed E-state index contributed by atoms with van der Waals surface area (Å²) in [4.78, 5) is 4.40. The van der Waals surface area contributed by atoms with Crippen molar-refractivity contribution in [3.05, 3.63) is 11.1 Å². The van der Waals surface area contributed by atoms with E-state index >= 15 is 0 Å². The summed E-state index contributed by atoms with van der Waals surface area (Å²) < 4.78 is 0. The van der Waals surface area contributed by atoms with E-state index in [-0.39, 0.29) is 0 Å². The number of thiazole rings is 1. The molecular weight excluding hydrogens is 212 g/mol. The molecule has 1 N–H and O–H groups in total. The quantitative estimate of drug-likeness (QED) is 0.596. The fraction of sp³-hybridized carbons (Fsp3) is 0.500. The molecule has 0 aliphatic carbocycles. The number of rotatable bonds is 6. The first kappa shape index (κ1) is 11.4. The lowest BCUT2D eigenvalue weighted by molar-refractivity contribution is 1.06. The topological polar surface area (TPSA) is 24.9 Å². The van der Waals surface area contributed by atoms with Crippen molar-refractivity contribution in [1.82, 2.24) is 4.98 Å². The number of aromatic nitrogens is 1. The average Bonchev–Trinajstić information content (AvgIpc) is 2.65. The Kier molecular flexibility index (Phi) is 5.50. The lowest BCUT2D eigenvalue weighted by Gasteiger charge is -1.99. The van der Waals surface area contributed by atoms with Gasteiger partial charge in [-0.1, -0.05) is 12.8 Å². The molecule has 2 nitrogen and oxygen atoms in total. The van der Waals surface area contributed by atoms with Crippen molar-refractivity contribution in [2.24, 2.45) is 0 Å². The van der Waals surface area contributed by atoms with Gasteiger partial charge in [0.25, 0.3) is 0 Å². The van der Waals surface area contributed by atoms with Crippen molar-refractivity contribution in [2.75, 3.05) is 23.4 Å². The second-order valence-corrected chi connectivity index (χ2v) is 4.64. The van der Waals surface area contributed by atoms with Gasteiger partial charge >= 0.3 is 0 Å². The Morgan fingerprint density at radius 2 is 2.57 bits per heavy atom. The van der Waals surface area contributed by atoms with Crippen LogP contribution in [0.25, 0.3) is 0 Å². The summed E-state index contributed by atoms with van der Waals surface area (Å²) >= 11 is 3.43. The van der Waals surface area contributed by atoms with Gasteiger partial charge in [0.2, 0.25) is 0 Å². The van der Waals surface area contributed by atoms with Gasteiger partial charge < -0.3 is 5.32 Å². The van der Waals surface area contributed by atoms with Crippen LogP contribution >= 0.6 is 23.1 Å². The number of thioether (sulfide) groups is 1. The maximum atomic E-state index is 5.14. The first-order valence-corrected chi connectivity index (χ1v) is 6.59. The monoisotopic (exact) mass is 226 g/mol. The second kappa shape index (κ2) is 6.74. The van der Waals surface area contributed by atoms with Gasteiger partial charge in [0.1, 0.15) is 0 Å². The molecule has 0 saturated carbocycles. The fourth-order valence-electron chi connectivity index (χ4n) is 0.912. The minimum absolute atomic E-state index is 0.791. The molecule has 14 heavy (non-hydrogen) atoms. The van der Waals surface area contributed by atoms with E-state index in [2.05, 4.69) is 28.5 Å². The van der Waals surface area contributed by atoms with Crippen LogP contribution in [0.2, 0.25) is 0 Å². The van der Waals surface area contributed by atoms with E-state index in [1.165, 1.54) is 0 Å². The fourth-order valence-corrected chi connectivity index (χ4v) is 2.24. The van der Waals surface area contributed by atoms with Crippen LogP contribution in [0.1, 0.15) is 12.6 Å². The number of nitrogens with zero attached hydrogens (tertiary/aromatic N) is 1. The number of hydrogen-bond acceptors (Lipinski definition) is 4. The molecular formula is C10H14N2S2. The minimum Gasteiger partial charge on any atom is -0.361 e. The average molecular weight is 226 g/mol. The number of anilines is 1. The smallest absolute Gasteiger partial charge is 0.182 e. The molecule has 1 rings (SSSR count). The van der Waals surface area contributed by atoms with Crippen LogP contribution in [0.3, 0.4) is 0 Å². The Morgan fingerprint density at radius 3 is 3.21 bits per heavy atom.